The van der Waals surface area contributed by atoms with Crippen LogP contribution in [0.25, 0.3) is 0 Å². The van der Waals surface area contributed by atoms with E-state index in [0.717, 1.165) is 12.8 Å². The number of nitro benzene ring substituents is 1. The highest BCUT2D eigenvalue weighted by Gasteiger charge is 2.26. The van der Waals surface area contributed by atoms with Gasteiger partial charge in [0.1, 0.15) is 0 Å². The van der Waals surface area contributed by atoms with Gasteiger partial charge in [0.2, 0.25) is 0 Å². The molecule has 0 aliphatic carbocycles. The molecule has 1 aromatic carbocycles. The third-order valence-corrected chi connectivity index (χ3v) is 4.19. The summed E-state index contributed by atoms with van der Waals surface area (Å²) < 4.78 is 1.78. The molecule has 126 valence electrons. The number of carbonyl (C=O) groups is 1. The lowest BCUT2D eigenvalue weighted by atomic mass is 10.0. The monoisotopic (exact) mass is 329 g/mol. The van der Waals surface area contributed by atoms with Gasteiger partial charge in [-0.1, -0.05) is 0 Å². The predicted molar refractivity (Wildman–Crippen MR) is 88.7 cm³/mol. The van der Waals surface area contributed by atoms with Crippen LogP contribution >= 0.6 is 0 Å². The van der Waals surface area contributed by atoms with E-state index in [1.165, 1.54) is 17.7 Å². The lowest BCUT2D eigenvalue weighted by Crippen LogP contribution is -2.33. The van der Waals surface area contributed by atoms with Gasteiger partial charge in [-0.3, -0.25) is 14.8 Å². The summed E-state index contributed by atoms with van der Waals surface area (Å²) in [7, 11) is 1.89. The summed E-state index contributed by atoms with van der Waals surface area (Å²) in [5, 5.41) is 17.6. The maximum absolute atomic E-state index is 12.3. The molecule has 2 amide bonds. The van der Waals surface area contributed by atoms with Crippen LogP contribution in [0.5, 0.6) is 0 Å². The molecule has 2 heterocycles. The van der Waals surface area contributed by atoms with Crippen LogP contribution in [0.3, 0.4) is 0 Å². The molecular weight excluding hydrogens is 310 g/mol. The van der Waals surface area contributed by atoms with Crippen molar-refractivity contribution >= 4 is 17.4 Å². The fourth-order valence-electron chi connectivity index (χ4n) is 2.96. The zero-order valence-corrected chi connectivity index (χ0v) is 13.4. The molecular formula is C16H19N5O3. The van der Waals surface area contributed by atoms with Crippen molar-refractivity contribution in [3.63, 3.8) is 0 Å². The van der Waals surface area contributed by atoms with Gasteiger partial charge in [0.15, 0.2) is 0 Å². The van der Waals surface area contributed by atoms with Crippen molar-refractivity contribution in [1.29, 1.82) is 0 Å². The molecule has 0 saturated carbocycles. The van der Waals surface area contributed by atoms with Crippen LogP contribution in [0.15, 0.2) is 36.7 Å². The third-order valence-electron chi connectivity index (χ3n) is 4.19. The van der Waals surface area contributed by atoms with E-state index in [0.29, 0.717) is 24.7 Å². The first-order valence-electron chi connectivity index (χ1n) is 7.79. The van der Waals surface area contributed by atoms with Crippen molar-refractivity contribution in [3.05, 3.63) is 52.3 Å². The SMILES string of the molecule is Cn1cc(CC2CCN(C(=O)Nc3ccc([N+](=O)[O-])cc3)C2)cn1. The Labute approximate surface area is 139 Å². The molecule has 1 aliphatic rings. The standard InChI is InChI=1S/C16H19N5O3/c1-19-10-13(9-17-19)8-12-6-7-20(11-12)16(22)18-14-2-4-15(5-3-14)21(23)24/h2-5,9-10,12H,6-8,11H2,1H3,(H,18,22). The maximum Gasteiger partial charge on any atom is 0.321 e. The Morgan fingerprint density at radius 2 is 2.17 bits per heavy atom. The third kappa shape index (κ3) is 3.70. The fraction of sp³-hybridized carbons (Fsp3) is 0.375. The first-order valence-corrected chi connectivity index (χ1v) is 7.79. The minimum absolute atomic E-state index is 0.00528. The molecule has 1 fully saturated rings. The number of carbonyl (C=O) groups excluding carboxylic acids is 1. The summed E-state index contributed by atoms with van der Waals surface area (Å²) in [6, 6.07) is 5.67. The molecule has 2 aromatic rings. The highest BCUT2D eigenvalue weighted by molar-refractivity contribution is 5.89. The number of aryl methyl sites for hydroxylation is 1. The minimum atomic E-state index is -0.463. The molecule has 8 heteroatoms. The Balaban J connectivity index is 1.53. The van der Waals surface area contributed by atoms with Gasteiger partial charge in [-0.05, 0) is 36.5 Å². The molecule has 0 radical (unpaired) electrons. The first kappa shape index (κ1) is 16.0. The number of hydrogen-bond acceptors (Lipinski definition) is 4. The highest BCUT2D eigenvalue weighted by Crippen LogP contribution is 2.22. The van der Waals surface area contributed by atoms with E-state index < -0.39 is 4.92 Å². The van der Waals surface area contributed by atoms with Gasteiger partial charge in [0.05, 0.1) is 11.1 Å². The number of anilines is 1. The van der Waals surface area contributed by atoms with Crippen LogP contribution in [0.2, 0.25) is 0 Å². The van der Waals surface area contributed by atoms with Crippen LogP contribution < -0.4 is 5.32 Å². The number of likely N-dealkylation sites (tertiary alicyclic amines) is 1. The molecule has 0 bridgehead atoms. The normalized spacial score (nSPS) is 17.0. The van der Waals surface area contributed by atoms with Gasteiger partial charge in [0, 0.05) is 44.2 Å². The minimum Gasteiger partial charge on any atom is -0.324 e. The summed E-state index contributed by atoms with van der Waals surface area (Å²) >= 11 is 0. The molecule has 1 N–H and O–H groups in total. The Morgan fingerprint density at radius 3 is 2.79 bits per heavy atom. The van der Waals surface area contributed by atoms with E-state index in [1.807, 2.05) is 19.4 Å². The summed E-state index contributed by atoms with van der Waals surface area (Å²) in [5.74, 6) is 0.428. The van der Waals surface area contributed by atoms with E-state index in [1.54, 1.807) is 21.7 Å². The number of nitro groups is 1. The summed E-state index contributed by atoms with van der Waals surface area (Å²) in [4.78, 5) is 24.3. The molecule has 3 rings (SSSR count). The zero-order valence-electron chi connectivity index (χ0n) is 13.4. The Hall–Kier alpha value is -2.90. The van der Waals surface area contributed by atoms with Crippen LogP contribution in [-0.2, 0) is 13.5 Å². The summed E-state index contributed by atoms with van der Waals surface area (Å²) in [5.41, 5.74) is 1.74. The lowest BCUT2D eigenvalue weighted by molar-refractivity contribution is -0.384. The van der Waals surface area contributed by atoms with Crippen molar-refractivity contribution in [2.24, 2.45) is 13.0 Å². The Morgan fingerprint density at radius 1 is 1.42 bits per heavy atom. The number of urea groups is 1. The van der Waals surface area contributed by atoms with Gasteiger partial charge >= 0.3 is 6.03 Å². The fourth-order valence-corrected chi connectivity index (χ4v) is 2.96. The van der Waals surface area contributed by atoms with Crippen molar-refractivity contribution in [1.82, 2.24) is 14.7 Å². The van der Waals surface area contributed by atoms with Crippen LogP contribution in [0, 0.1) is 16.0 Å². The quantitative estimate of drug-likeness (QED) is 0.688. The lowest BCUT2D eigenvalue weighted by Gasteiger charge is -2.17. The topological polar surface area (TPSA) is 93.3 Å². The zero-order chi connectivity index (χ0) is 17.1. The maximum atomic E-state index is 12.3. The van der Waals surface area contributed by atoms with Crippen molar-refractivity contribution in [2.45, 2.75) is 12.8 Å². The van der Waals surface area contributed by atoms with Gasteiger partial charge in [-0.15, -0.1) is 0 Å². The second kappa shape index (κ2) is 6.69. The second-order valence-corrected chi connectivity index (χ2v) is 6.06. The van der Waals surface area contributed by atoms with Crippen molar-refractivity contribution in [3.8, 4) is 0 Å². The molecule has 1 unspecified atom stereocenters. The number of non-ortho nitro benzene ring substituents is 1. The largest absolute Gasteiger partial charge is 0.324 e. The molecule has 8 nitrogen and oxygen atoms in total. The number of rotatable bonds is 4. The van der Waals surface area contributed by atoms with Gasteiger partial charge in [-0.2, -0.15) is 5.10 Å². The van der Waals surface area contributed by atoms with Gasteiger partial charge in [-0.25, -0.2) is 4.79 Å². The van der Waals surface area contributed by atoms with E-state index in [9.17, 15) is 14.9 Å². The molecule has 1 aromatic heterocycles. The molecule has 24 heavy (non-hydrogen) atoms. The van der Waals surface area contributed by atoms with Gasteiger partial charge < -0.3 is 10.2 Å². The van der Waals surface area contributed by atoms with Crippen molar-refractivity contribution < 1.29 is 9.72 Å². The predicted octanol–water partition coefficient (Wildman–Crippen LogP) is 2.42. The number of nitrogens with zero attached hydrogens (tertiary/aromatic N) is 4. The number of hydrogen-bond donors (Lipinski definition) is 1. The summed E-state index contributed by atoms with van der Waals surface area (Å²) in [6.07, 6.45) is 5.73. The highest BCUT2D eigenvalue weighted by atomic mass is 16.6. The second-order valence-electron chi connectivity index (χ2n) is 6.06. The Kier molecular flexibility index (Phi) is 4.45. The number of benzene rings is 1. The van der Waals surface area contributed by atoms with Crippen LogP contribution in [-0.4, -0.2) is 38.7 Å². The van der Waals surface area contributed by atoms with E-state index in [-0.39, 0.29) is 11.7 Å². The molecule has 1 aliphatic heterocycles. The average Bonchev–Trinajstić information content (AvgIpc) is 3.17. The van der Waals surface area contributed by atoms with Crippen LogP contribution in [0.4, 0.5) is 16.2 Å². The average molecular weight is 329 g/mol. The van der Waals surface area contributed by atoms with Crippen molar-refractivity contribution in [2.75, 3.05) is 18.4 Å². The first-order chi connectivity index (χ1) is 11.5. The number of aromatic nitrogens is 2. The number of nitrogens with one attached hydrogen (secondary N) is 1. The molecule has 1 saturated heterocycles. The Bertz CT molecular complexity index is 740. The van der Waals surface area contributed by atoms with E-state index in [4.69, 9.17) is 0 Å². The van der Waals surface area contributed by atoms with E-state index >= 15 is 0 Å². The molecule has 1 atom stereocenters. The molecule has 0 spiro atoms. The van der Waals surface area contributed by atoms with Crippen LogP contribution in [0.1, 0.15) is 12.0 Å². The van der Waals surface area contributed by atoms with Gasteiger partial charge in [0.25, 0.3) is 5.69 Å². The van der Waals surface area contributed by atoms with E-state index in [2.05, 4.69) is 10.4 Å². The smallest absolute Gasteiger partial charge is 0.321 e. The number of amides is 2. The summed E-state index contributed by atoms with van der Waals surface area (Å²) in [6.45, 7) is 1.41.